The van der Waals surface area contributed by atoms with Crippen LogP contribution < -0.4 is 36.1 Å². The molecule has 15 rings (SSSR count). The maximum absolute atomic E-state index is 12.0. The molecule has 0 saturated heterocycles. The molecule has 10 aromatic carbocycles. The van der Waals surface area contributed by atoms with Gasteiger partial charge in [-0.05, 0) is 202 Å². The standard InChI is InChI=1S/C17H15ClN2O2S.C16H13ClN2O3S.3C16H13ClN2O2S/c1-22-14-5-3-13(4-6-14)19-16(21)10-23-17-9-11-8-12(18)2-7-15(11)20-17;1-21-12-5-3-11(4-6-12)18-15(20)9-23-16-19-13-8-10(17)2-7-14(13)22-16;3*1-10-2-5-12(6-3-10)18-15(20)9-22-16-19-13-8-11(17)4-7-14(13)21-16/h2-8H,9-10H2,1H3,(H,19,21);2-8H,9H2,1H3,(H,18,20);3*2-8H,9H2,1H3,(H,18,20). The van der Waals surface area contributed by atoms with E-state index in [9.17, 15) is 24.0 Å². The van der Waals surface area contributed by atoms with Gasteiger partial charge in [0.2, 0.25) is 29.5 Å². The summed E-state index contributed by atoms with van der Waals surface area (Å²) >= 11 is 36.0. The summed E-state index contributed by atoms with van der Waals surface area (Å²) in [4.78, 5) is 81.4. The summed E-state index contributed by atoms with van der Waals surface area (Å²) in [7, 11) is 3.20. The SMILES string of the molecule is COc1ccc(NC(=O)CSC2=Nc3ccc(Cl)cc3C2)cc1.COc1ccc(NC(=O)CSc2nc3cc(Cl)ccc3o2)cc1.Cc1ccc(NC(=O)CSc2nc3cc(Cl)ccc3o2)cc1.Cc1ccc(NC(=O)CSc2nc3cc(Cl)ccc3o2)cc1.Cc1ccc(NC(=O)CSc2nc3cc(Cl)ccc3o2)cc1. The van der Waals surface area contributed by atoms with E-state index in [0.717, 1.165) is 73.7 Å². The van der Waals surface area contributed by atoms with Gasteiger partial charge in [0.25, 0.3) is 20.9 Å². The number of rotatable bonds is 21. The Morgan fingerprint density at radius 2 is 0.589 bits per heavy atom. The predicted octanol–water partition coefficient (Wildman–Crippen LogP) is 22.1. The van der Waals surface area contributed by atoms with Crippen molar-refractivity contribution < 1.29 is 51.1 Å². The van der Waals surface area contributed by atoms with Gasteiger partial charge in [0.1, 0.15) is 33.6 Å². The highest BCUT2D eigenvalue weighted by atomic mass is 35.5. The van der Waals surface area contributed by atoms with Crippen LogP contribution in [0.15, 0.2) is 256 Å². The number of carbonyl (C=O) groups excluding carboxylic acids is 5. The zero-order valence-electron chi connectivity index (χ0n) is 60.1. The van der Waals surface area contributed by atoms with Gasteiger partial charge < -0.3 is 53.7 Å². The van der Waals surface area contributed by atoms with E-state index in [1.807, 2.05) is 136 Å². The largest absolute Gasteiger partial charge is 0.497 e. The zero-order chi connectivity index (χ0) is 79.0. The Hall–Kier alpha value is -10.1. The Kier molecular flexibility index (Phi) is 30.3. The van der Waals surface area contributed by atoms with Crippen LogP contribution >= 0.6 is 117 Å². The van der Waals surface area contributed by atoms with Crippen LogP contribution in [0.3, 0.4) is 0 Å². The van der Waals surface area contributed by atoms with Gasteiger partial charge in [-0.3, -0.25) is 24.0 Å². The molecule has 5 amide bonds. The quantitative estimate of drug-likeness (QED) is 0.0418. The monoisotopic (exact) mass is 1690 g/mol. The van der Waals surface area contributed by atoms with Crippen molar-refractivity contribution in [2.24, 2.45) is 4.99 Å². The van der Waals surface area contributed by atoms with Crippen molar-refractivity contribution in [1.29, 1.82) is 0 Å². The number of anilines is 5. The summed E-state index contributed by atoms with van der Waals surface area (Å²) in [6, 6.07) is 63.9. The number of halogens is 5. The Balaban J connectivity index is 0.000000138. The third kappa shape index (κ3) is 26.0. The van der Waals surface area contributed by atoms with E-state index in [4.69, 9.17) is 85.1 Å². The smallest absolute Gasteiger partial charge is 0.257 e. The van der Waals surface area contributed by atoms with Gasteiger partial charge in [-0.15, -0.1) is 11.8 Å². The fraction of sp³-hybridized carbons (Fsp3) is 0.136. The molecule has 4 aromatic heterocycles. The van der Waals surface area contributed by atoms with E-state index in [-0.39, 0.29) is 52.5 Å². The molecular weight excluding hydrogens is 1630 g/mol. The molecule has 0 bridgehead atoms. The van der Waals surface area contributed by atoms with E-state index < -0.39 is 0 Å². The molecule has 0 unspecified atom stereocenters. The molecule has 14 aromatic rings. The molecular formula is C81H67Cl5N10O11S5. The summed E-state index contributed by atoms with van der Waals surface area (Å²) < 4.78 is 32.4. The normalized spacial score (nSPS) is 11.1. The van der Waals surface area contributed by atoms with Crippen molar-refractivity contribution in [3.05, 3.63) is 260 Å². The van der Waals surface area contributed by atoms with Gasteiger partial charge >= 0.3 is 0 Å². The minimum Gasteiger partial charge on any atom is -0.497 e. The fourth-order valence-corrected chi connectivity index (χ4v) is 14.1. The summed E-state index contributed by atoms with van der Waals surface area (Å²) in [6.45, 7) is 6.00. The molecule has 0 radical (unpaired) electrons. The number of hydrogen-bond donors (Lipinski definition) is 5. The minimum absolute atomic E-state index is 0.0585. The van der Waals surface area contributed by atoms with Crippen molar-refractivity contribution in [3.63, 3.8) is 0 Å². The van der Waals surface area contributed by atoms with Crippen LogP contribution in [0.4, 0.5) is 34.1 Å². The average Bonchev–Trinajstić information content (AvgIpc) is 1.71. The number of aliphatic imine (C=N–C) groups is 1. The number of oxazole rings is 4. The molecule has 0 saturated carbocycles. The van der Waals surface area contributed by atoms with Gasteiger partial charge in [0.05, 0.1) is 53.7 Å². The van der Waals surface area contributed by atoms with Gasteiger partial charge in [0.15, 0.2) is 22.3 Å². The Labute approximate surface area is 689 Å². The molecule has 21 nitrogen and oxygen atoms in total. The summed E-state index contributed by atoms with van der Waals surface area (Å²) in [5.74, 6) is 2.21. The zero-order valence-corrected chi connectivity index (χ0v) is 68.0. The number of aromatic nitrogens is 4. The lowest BCUT2D eigenvalue weighted by Gasteiger charge is -2.06. The molecule has 1 aliphatic heterocycles. The lowest BCUT2D eigenvalue weighted by Crippen LogP contribution is -2.15. The lowest BCUT2D eigenvalue weighted by molar-refractivity contribution is -0.114. The molecule has 31 heteroatoms. The van der Waals surface area contributed by atoms with Gasteiger partial charge in [-0.25, -0.2) is 24.9 Å². The number of methoxy groups -OCH3 is 2. The van der Waals surface area contributed by atoms with Crippen LogP contribution in [0.2, 0.25) is 25.1 Å². The first-order valence-electron chi connectivity index (χ1n) is 33.8. The number of nitrogens with one attached hydrogen (secondary N) is 5. The number of aryl methyl sites for hydroxylation is 3. The number of fused-ring (bicyclic) bond motifs is 5. The van der Waals surface area contributed by atoms with E-state index in [0.29, 0.717) is 102 Å². The molecule has 0 fully saturated rings. The van der Waals surface area contributed by atoms with Crippen molar-refractivity contribution >= 4 is 230 Å². The van der Waals surface area contributed by atoms with Crippen LogP contribution in [-0.2, 0) is 30.4 Å². The van der Waals surface area contributed by atoms with Crippen molar-refractivity contribution in [1.82, 2.24) is 19.9 Å². The number of amides is 5. The van der Waals surface area contributed by atoms with Crippen molar-refractivity contribution in [3.8, 4) is 11.5 Å². The number of nitrogens with zero attached hydrogens (tertiary/aromatic N) is 5. The van der Waals surface area contributed by atoms with E-state index >= 15 is 0 Å². The van der Waals surface area contributed by atoms with E-state index in [2.05, 4.69) is 51.5 Å². The molecule has 5 heterocycles. The second kappa shape index (κ2) is 40.9. The van der Waals surface area contributed by atoms with Crippen molar-refractivity contribution in [2.75, 3.05) is 69.6 Å². The first-order chi connectivity index (χ1) is 54.1. The molecule has 0 aliphatic carbocycles. The molecule has 572 valence electrons. The van der Waals surface area contributed by atoms with Crippen LogP contribution in [0.5, 0.6) is 11.5 Å². The highest BCUT2D eigenvalue weighted by molar-refractivity contribution is 8.14. The number of hydrogen-bond acceptors (Lipinski definition) is 21. The molecule has 1 aliphatic rings. The Bertz CT molecular complexity index is 5310. The fourth-order valence-electron chi connectivity index (χ4n) is 9.89. The van der Waals surface area contributed by atoms with Crippen LogP contribution in [0, 0.1) is 20.8 Å². The Morgan fingerprint density at radius 3 is 0.866 bits per heavy atom. The van der Waals surface area contributed by atoms with Gasteiger partial charge in [0, 0.05) is 60.0 Å². The molecule has 0 spiro atoms. The van der Waals surface area contributed by atoms with Crippen molar-refractivity contribution in [2.45, 2.75) is 48.1 Å². The Morgan fingerprint density at radius 1 is 0.339 bits per heavy atom. The summed E-state index contributed by atoms with van der Waals surface area (Å²) in [6.07, 6.45) is 0.733. The average molecular weight is 1690 g/mol. The topological polar surface area (TPSA) is 280 Å². The second-order valence-electron chi connectivity index (χ2n) is 24.1. The molecule has 5 N–H and O–H groups in total. The first kappa shape index (κ1) is 82.9. The van der Waals surface area contributed by atoms with E-state index in [1.54, 1.807) is 111 Å². The molecule has 0 atom stereocenters. The minimum atomic E-state index is -0.138. The highest BCUT2D eigenvalue weighted by Gasteiger charge is 2.19. The predicted molar refractivity (Wildman–Crippen MR) is 456 cm³/mol. The second-order valence-corrected chi connectivity index (χ2v) is 31.0. The van der Waals surface area contributed by atoms with E-state index in [1.165, 1.54) is 58.8 Å². The van der Waals surface area contributed by atoms with Gasteiger partial charge in [-0.2, -0.15) is 0 Å². The number of ether oxygens (including phenoxy) is 2. The van der Waals surface area contributed by atoms with Gasteiger partial charge in [-0.1, -0.05) is 158 Å². The summed E-state index contributed by atoms with van der Waals surface area (Å²) in [5, 5.41) is 20.0. The number of thioether (sulfide) groups is 5. The lowest BCUT2D eigenvalue weighted by atomic mass is 10.2. The van der Waals surface area contributed by atoms with Crippen LogP contribution in [-0.4, -0.2) is 97.5 Å². The van der Waals surface area contributed by atoms with Crippen LogP contribution in [0.1, 0.15) is 22.3 Å². The highest BCUT2D eigenvalue weighted by Crippen LogP contribution is 2.34. The molecule has 112 heavy (non-hydrogen) atoms. The maximum Gasteiger partial charge on any atom is 0.257 e. The third-order valence-corrected chi connectivity index (χ3v) is 20.8. The van der Waals surface area contributed by atoms with Crippen LogP contribution in [0.25, 0.3) is 44.4 Å². The summed E-state index contributed by atoms with van der Waals surface area (Å²) in [5.41, 5.74) is 14.7. The third-order valence-electron chi connectivity index (χ3n) is 15.4. The number of carbonyl (C=O) groups is 5. The first-order valence-corrected chi connectivity index (χ1v) is 40.6. The maximum atomic E-state index is 12.0. The number of benzene rings is 10.